The monoisotopic (exact) mass is 488 g/mol. The number of rotatable bonds is 12. The van der Waals surface area contributed by atoms with E-state index in [1.54, 1.807) is 13.8 Å². The van der Waals surface area contributed by atoms with Crippen molar-refractivity contribution in [1.82, 2.24) is 10.6 Å². The van der Waals surface area contributed by atoms with Crippen LogP contribution < -0.4 is 10.6 Å². The quantitative estimate of drug-likeness (QED) is 0.346. The van der Waals surface area contributed by atoms with E-state index in [1.165, 1.54) is 0 Å². The van der Waals surface area contributed by atoms with Gasteiger partial charge in [0.1, 0.15) is 11.5 Å². The highest BCUT2D eigenvalue weighted by molar-refractivity contribution is 6.00. The van der Waals surface area contributed by atoms with Crippen LogP contribution in [-0.2, 0) is 32.2 Å². The van der Waals surface area contributed by atoms with Gasteiger partial charge in [-0.3, -0.25) is 10.1 Å². The molecule has 0 aliphatic heterocycles. The summed E-state index contributed by atoms with van der Waals surface area (Å²) < 4.78 is 46.5. The van der Waals surface area contributed by atoms with Gasteiger partial charge in [0.2, 0.25) is 0 Å². The molecule has 1 unspecified atom stereocenters. The van der Waals surface area contributed by atoms with Crippen LogP contribution in [0.4, 0.5) is 13.6 Å². The summed E-state index contributed by atoms with van der Waals surface area (Å²) in [5.41, 5.74) is -0.101. The maximum atomic E-state index is 15.1. The standard InChI is InChI=1S/C26H30F2N2O5/c1-3-35-19(2)14-22(31)29-24(32)30-23-25(26(23,27)28,17-33-15-20-10-6-4-7-11-20)18-34-16-21-12-8-5-9-13-21/h4-14,23H,3,15-18H2,1-2H3,(H2,29,30,31,32)/b19-14-. The van der Waals surface area contributed by atoms with E-state index in [1.807, 2.05) is 66.0 Å². The van der Waals surface area contributed by atoms with Gasteiger partial charge in [0, 0.05) is 6.08 Å². The third kappa shape index (κ3) is 6.86. The molecule has 9 heteroatoms. The number of alkyl halides is 2. The number of imide groups is 1. The Morgan fingerprint density at radius 2 is 1.46 bits per heavy atom. The number of hydrogen-bond acceptors (Lipinski definition) is 5. The van der Waals surface area contributed by atoms with Crippen LogP contribution in [0.1, 0.15) is 25.0 Å². The Bertz CT molecular complexity index is 969. The second-order valence-electron chi connectivity index (χ2n) is 8.32. The third-order valence-corrected chi connectivity index (χ3v) is 5.66. The topological polar surface area (TPSA) is 85.9 Å². The van der Waals surface area contributed by atoms with Crippen molar-refractivity contribution in [3.05, 3.63) is 83.6 Å². The number of carbonyl (C=O) groups is 2. The molecule has 188 valence electrons. The number of urea groups is 1. The molecule has 0 bridgehead atoms. The Balaban J connectivity index is 1.64. The number of halogens is 2. The van der Waals surface area contributed by atoms with Crippen molar-refractivity contribution in [3.63, 3.8) is 0 Å². The number of ether oxygens (including phenoxy) is 3. The number of allylic oxidation sites excluding steroid dienone is 1. The van der Waals surface area contributed by atoms with Crippen molar-refractivity contribution in [3.8, 4) is 0 Å². The Kier molecular flexibility index (Phi) is 8.95. The molecule has 7 nitrogen and oxygen atoms in total. The lowest BCUT2D eigenvalue weighted by molar-refractivity contribution is -0.115. The average Bonchev–Trinajstić information content (AvgIpc) is 3.27. The number of hydrogen-bond donors (Lipinski definition) is 2. The molecule has 1 aliphatic carbocycles. The van der Waals surface area contributed by atoms with E-state index < -0.39 is 29.3 Å². The van der Waals surface area contributed by atoms with Crippen LogP contribution >= 0.6 is 0 Å². The fourth-order valence-electron chi connectivity index (χ4n) is 3.76. The molecule has 1 fully saturated rings. The first-order chi connectivity index (χ1) is 16.8. The molecule has 35 heavy (non-hydrogen) atoms. The average molecular weight is 489 g/mol. The van der Waals surface area contributed by atoms with Gasteiger partial charge >= 0.3 is 6.03 Å². The first-order valence-electron chi connectivity index (χ1n) is 11.3. The fourth-order valence-corrected chi connectivity index (χ4v) is 3.76. The van der Waals surface area contributed by atoms with E-state index in [2.05, 4.69) is 5.32 Å². The van der Waals surface area contributed by atoms with Crippen molar-refractivity contribution in [1.29, 1.82) is 0 Å². The van der Waals surface area contributed by atoms with Crippen LogP contribution in [0.2, 0.25) is 0 Å². The van der Waals surface area contributed by atoms with Gasteiger partial charge in [0.15, 0.2) is 0 Å². The molecule has 1 saturated carbocycles. The van der Waals surface area contributed by atoms with Crippen molar-refractivity contribution >= 4 is 11.9 Å². The summed E-state index contributed by atoms with van der Waals surface area (Å²) in [5.74, 6) is -3.77. The minimum absolute atomic E-state index is 0.135. The van der Waals surface area contributed by atoms with E-state index in [4.69, 9.17) is 14.2 Å². The van der Waals surface area contributed by atoms with E-state index in [9.17, 15) is 9.59 Å². The normalized spacial score (nSPS) is 17.9. The van der Waals surface area contributed by atoms with Crippen LogP contribution in [0.15, 0.2) is 72.5 Å². The van der Waals surface area contributed by atoms with Gasteiger partial charge in [0.25, 0.3) is 11.8 Å². The largest absolute Gasteiger partial charge is 0.498 e. The SMILES string of the molecule is CCO/C(C)=C\C(=O)NC(=O)NC1C(F)(F)C1(COCc1ccccc1)COCc1ccccc1. The zero-order chi connectivity index (χ0) is 25.3. The smallest absolute Gasteiger partial charge is 0.322 e. The lowest BCUT2D eigenvalue weighted by Gasteiger charge is -2.18. The lowest BCUT2D eigenvalue weighted by Crippen LogP contribution is -2.43. The molecular weight excluding hydrogens is 458 g/mol. The Morgan fingerprint density at radius 3 is 1.94 bits per heavy atom. The van der Waals surface area contributed by atoms with Gasteiger partial charge in [-0.05, 0) is 25.0 Å². The Labute approximate surface area is 203 Å². The Hall–Kier alpha value is -3.30. The second-order valence-corrected chi connectivity index (χ2v) is 8.32. The number of nitrogens with one attached hydrogen (secondary N) is 2. The molecule has 2 aromatic carbocycles. The zero-order valence-electron chi connectivity index (χ0n) is 19.8. The van der Waals surface area contributed by atoms with E-state index in [-0.39, 0.29) is 26.4 Å². The van der Waals surface area contributed by atoms with Gasteiger partial charge in [0.05, 0.1) is 38.8 Å². The summed E-state index contributed by atoms with van der Waals surface area (Å²) in [4.78, 5) is 24.2. The highest BCUT2D eigenvalue weighted by Gasteiger charge is 2.81. The van der Waals surface area contributed by atoms with Gasteiger partial charge < -0.3 is 19.5 Å². The van der Waals surface area contributed by atoms with Crippen LogP contribution in [0.25, 0.3) is 0 Å². The van der Waals surface area contributed by atoms with Gasteiger partial charge in [-0.2, -0.15) is 0 Å². The van der Waals surface area contributed by atoms with Crippen LogP contribution in [0.3, 0.4) is 0 Å². The molecule has 0 radical (unpaired) electrons. The van der Waals surface area contributed by atoms with Crippen molar-refractivity contribution in [2.24, 2.45) is 5.41 Å². The lowest BCUT2D eigenvalue weighted by atomic mass is 10.1. The predicted molar refractivity (Wildman–Crippen MR) is 125 cm³/mol. The molecule has 0 saturated heterocycles. The summed E-state index contributed by atoms with van der Waals surface area (Å²) in [6, 6.07) is 15.7. The number of amides is 3. The number of benzene rings is 2. The summed E-state index contributed by atoms with van der Waals surface area (Å²) in [5, 5.41) is 4.24. The highest BCUT2D eigenvalue weighted by Crippen LogP contribution is 2.61. The molecule has 2 aromatic rings. The highest BCUT2D eigenvalue weighted by atomic mass is 19.3. The van der Waals surface area contributed by atoms with Gasteiger partial charge in [-0.15, -0.1) is 0 Å². The molecule has 1 aliphatic rings. The first kappa shape index (κ1) is 26.3. The van der Waals surface area contributed by atoms with E-state index in [0.717, 1.165) is 17.2 Å². The molecule has 3 rings (SSSR count). The van der Waals surface area contributed by atoms with Crippen molar-refractivity contribution in [2.45, 2.75) is 39.0 Å². The zero-order valence-corrected chi connectivity index (χ0v) is 19.8. The predicted octanol–water partition coefficient (Wildman–Crippen LogP) is 4.19. The van der Waals surface area contributed by atoms with E-state index >= 15 is 8.78 Å². The van der Waals surface area contributed by atoms with E-state index in [0.29, 0.717) is 12.4 Å². The van der Waals surface area contributed by atoms with Crippen LogP contribution in [0, 0.1) is 5.41 Å². The maximum absolute atomic E-state index is 15.1. The van der Waals surface area contributed by atoms with Crippen LogP contribution in [0.5, 0.6) is 0 Å². The van der Waals surface area contributed by atoms with Gasteiger partial charge in [-0.1, -0.05) is 60.7 Å². The summed E-state index contributed by atoms with van der Waals surface area (Å²) in [7, 11) is 0. The van der Waals surface area contributed by atoms with Gasteiger partial charge in [-0.25, -0.2) is 13.6 Å². The second kappa shape index (κ2) is 11.9. The first-order valence-corrected chi connectivity index (χ1v) is 11.3. The minimum Gasteiger partial charge on any atom is -0.498 e. The summed E-state index contributed by atoms with van der Waals surface area (Å²) >= 11 is 0. The minimum atomic E-state index is -3.29. The summed E-state index contributed by atoms with van der Waals surface area (Å²) in [6.45, 7) is 3.24. The molecular formula is C26H30F2N2O5. The molecule has 0 aromatic heterocycles. The molecule has 0 spiro atoms. The maximum Gasteiger partial charge on any atom is 0.322 e. The van der Waals surface area contributed by atoms with Crippen molar-refractivity contribution in [2.75, 3.05) is 19.8 Å². The summed E-state index contributed by atoms with van der Waals surface area (Å²) in [6.07, 6.45) is 1.08. The third-order valence-electron chi connectivity index (χ3n) is 5.66. The Morgan fingerprint density at radius 1 is 0.943 bits per heavy atom. The molecule has 1 atom stereocenters. The molecule has 2 N–H and O–H groups in total. The fraction of sp³-hybridized carbons (Fsp3) is 0.385. The number of carbonyl (C=O) groups excluding carboxylic acids is 2. The van der Waals surface area contributed by atoms with Crippen LogP contribution in [-0.4, -0.2) is 43.7 Å². The molecule has 0 heterocycles. The molecule has 3 amide bonds. The van der Waals surface area contributed by atoms with Crippen molar-refractivity contribution < 1.29 is 32.6 Å².